The van der Waals surface area contributed by atoms with Gasteiger partial charge in [-0.1, -0.05) is 17.3 Å². The fourth-order valence-electron chi connectivity index (χ4n) is 2.99. The van der Waals surface area contributed by atoms with Crippen LogP contribution >= 0.6 is 0 Å². The molecule has 29 heavy (non-hydrogen) atoms. The van der Waals surface area contributed by atoms with Crippen LogP contribution in [0.25, 0.3) is 17.0 Å². The lowest BCUT2D eigenvalue weighted by atomic mass is 10.1. The molecular weight excluding hydrogens is 372 g/mol. The Morgan fingerprint density at radius 1 is 1.14 bits per heavy atom. The van der Waals surface area contributed by atoms with E-state index in [1.807, 2.05) is 47.9 Å². The lowest BCUT2D eigenvalue weighted by molar-refractivity contribution is 0.0815. The molecule has 150 valence electrons. The molecule has 0 bridgehead atoms. The molecule has 4 rings (SSSR count). The van der Waals surface area contributed by atoms with Crippen LogP contribution in [0.3, 0.4) is 0 Å². The van der Waals surface area contributed by atoms with Crippen molar-refractivity contribution in [2.75, 3.05) is 13.2 Å². The van der Waals surface area contributed by atoms with Gasteiger partial charge in [0, 0.05) is 18.7 Å². The van der Waals surface area contributed by atoms with E-state index in [0.29, 0.717) is 31.5 Å². The minimum atomic E-state index is 0.0139. The molecule has 0 aliphatic heterocycles. The minimum Gasteiger partial charge on any atom is -0.487 e. The molecular formula is C21H22N4O4. The normalized spacial score (nSPS) is 11.3. The standard InChI is InChI=1S/C21H22N4O4/c1-14-3-4-17(21-23-15(2)29-24-21)10-19(14)28-13-18-11-22-20-9-16(5-6-25(18)20)12-27-8-7-26/h3-6,9-11,26H,7-8,12-13H2,1-2H3. The van der Waals surface area contributed by atoms with Gasteiger partial charge in [-0.05, 0) is 36.2 Å². The highest BCUT2D eigenvalue weighted by atomic mass is 16.5. The Morgan fingerprint density at radius 2 is 2.03 bits per heavy atom. The molecule has 4 aromatic rings. The van der Waals surface area contributed by atoms with Gasteiger partial charge in [-0.15, -0.1) is 0 Å². The van der Waals surface area contributed by atoms with Crippen molar-refractivity contribution >= 4 is 5.65 Å². The summed E-state index contributed by atoms with van der Waals surface area (Å²) in [6.45, 7) is 4.90. The molecule has 0 fully saturated rings. The van der Waals surface area contributed by atoms with Crippen molar-refractivity contribution in [2.24, 2.45) is 0 Å². The number of aliphatic hydroxyl groups excluding tert-OH is 1. The average Bonchev–Trinajstić information content (AvgIpc) is 3.33. The molecule has 0 aliphatic rings. The summed E-state index contributed by atoms with van der Waals surface area (Å²) in [5, 5.41) is 12.8. The van der Waals surface area contributed by atoms with E-state index < -0.39 is 0 Å². The SMILES string of the molecule is Cc1nc(-c2ccc(C)c(OCc3cnc4cc(COCCO)ccn34)c2)no1. The molecule has 0 spiro atoms. The topological polar surface area (TPSA) is 94.9 Å². The van der Waals surface area contributed by atoms with Gasteiger partial charge in [0.25, 0.3) is 0 Å². The molecule has 0 aliphatic carbocycles. The first-order valence-corrected chi connectivity index (χ1v) is 9.31. The number of hydrogen-bond donors (Lipinski definition) is 1. The second kappa shape index (κ2) is 8.42. The number of benzene rings is 1. The summed E-state index contributed by atoms with van der Waals surface area (Å²) in [4.78, 5) is 8.72. The Morgan fingerprint density at radius 3 is 2.83 bits per heavy atom. The second-order valence-electron chi connectivity index (χ2n) is 6.69. The van der Waals surface area contributed by atoms with Gasteiger partial charge in [-0.3, -0.25) is 0 Å². The zero-order valence-corrected chi connectivity index (χ0v) is 16.3. The first-order valence-electron chi connectivity index (χ1n) is 9.31. The summed E-state index contributed by atoms with van der Waals surface area (Å²) >= 11 is 0. The number of pyridine rings is 1. The smallest absolute Gasteiger partial charge is 0.223 e. The van der Waals surface area contributed by atoms with Crippen LogP contribution in [0.1, 0.15) is 22.7 Å². The van der Waals surface area contributed by atoms with Crippen molar-refractivity contribution in [1.29, 1.82) is 0 Å². The first-order chi connectivity index (χ1) is 14.1. The van der Waals surface area contributed by atoms with Crippen molar-refractivity contribution in [3.8, 4) is 17.1 Å². The molecule has 0 amide bonds. The molecule has 8 nitrogen and oxygen atoms in total. The Bertz CT molecular complexity index is 1120. The van der Waals surface area contributed by atoms with E-state index >= 15 is 0 Å². The summed E-state index contributed by atoms with van der Waals surface area (Å²) in [6, 6.07) is 9.77. The van der Waals surface area contributed by atoms with E-state index in [2.05, 4.69) is 15.1 Å². The highest BCUT2D eigenvalue weighted by Crippen LogP contribution is 2.26. The van der Waals surface area contributed by atoms with Gasteiger partial charge in [0.05, 0.1) is 31.7 Å². The third kappa shape index (κ3) is 4.28. The zero-order chi connectivity index (χ0) is 20.2. The summed E-state index contributed by atoms with van der Waals surface area (Å²) in [7, 11) is 0. The molecule has 0 atom stereocenters. The summed E-state index contributed by atoms with van der Waals surface area (Å²) < 4.78 is 18.5. The summed E-state index contributed by atoms with van der Waals surface area (Å²) in [5.74, 6) is 1.82. The number of aromatic nitrogens is 4. The molecule has 1 aromatic carbocycles. The van der Waals surface area contributed by atoms with Crippen molar-refractivity contribution in [3.05, 3.63) is 65.4 Å². The molecule has 0 radical (unpaired) electrons. The highest BCUT2D eigenvalue weighted by Gasteiger charge is 2.11. The van der Waals surface area contributed by atoms with Gasteiger partial charge in [0.1, 0.15) is 18.0 Å². The van der Waals surface area contributed by atoms with Crippen LogP contribution in [0.2, 0.25) is 0 Å². The summed E-state index contributed by atoms with van der Waals surface area (Å²) in [6.07, 6.45) is 3.75. The predicted molar refractivity (Wildman–Crippen MR) is 105 cm³/mol. The van der Waals surface area contributed by atoms with Gasteiger partial charge in [0.15, 0.2) is 0 Å². The Kier molecular flexibility index (Phi) is 5.55. The third-order valence-electron chi connectivity index (χ3n) is 4.51. The number of nitrogens with zero attached hydrogens (tertiary/aromatic N) is 4. The van der Waals surface area contributed by atoms with Crippen LogP contribution in [0.15, 0.2) is 47.2 Å². The number of aryl methyl sites for hydroxylation is 2. The van der Waals surface area contributed by atoms with E-state index in [1.54, 1.807) is 13.1 Å². The van der Waals surface area contributed by atoms with Crippen LogP contribution in [0, 0.1) is 13.8 Å². The van der Waals surface area contributed by atoms with Crippen LogP contribution in [-0.2, 0) is 18.0 Å². The van der Waals surface area contributed by atoms with Gasteiger partial charge >= 0.3 is 0 Å². The number of rotatable bonds is 8. The minimum absolute atomic E-state index is 0.0139. The van der Waals surface area contributed by atoms with Gasteiger partial charge < -0.3 is 23.5 Å². The largest absolute Gasteiger partial charge is 0.487 e. The maximum Gasteiger partial charge on any atom is 0.223 e. The van der Waals surface area contributed by atoms with Crippen LogP contribution in [0.4, 0.5) is 0 Å². The molecule has 0 saturated heterocycles. The van der Waals surface area contributed by atoms with Crippen molar-refractivity contribution in [1.82, 2.24) is 19.5 Å². The highest BCUT2D eigenvalue weighted by molar-refractivity contribution is 5.58. The fraction of sp³-hybridized carbons (Fsp3) is 0.286. The number of aliphatic hydroxyl groups is 1. The lowest BCUT2D eigenvalue weighted by Gasteiger charge is -2.10. The molecule has 3 aromatic heterocycles. The van der Waals surface area contributed by atoms with Gasteiger partial charge in [0.2, 0.25) is 11.7 Å². The monoisotopic (exact) mass is 394 g/mol. The Balaban J connectivity index is 1.49. The fourth-order valence-corrected chi connectivity index (χ4v) is 2.99. The maximum absolute atomic E-state index is 8.81. The number of fused-ring (bicyclic) bond motifs is 1. The van der Waals surface area contributed by atoms with E-state index in [9.17, 15) is 0 Å². The zero-order valence-electron chi connectivity index (χ0n) is 16.3. The Labute approximate surface area is 167 Å². The maximum atomic E-state index is 8.81. The predicted octanol–water partition coefficient (Wildman–Crippen LogP) is 3.09. The molecule has 0 saturated carbocycles. The van der Waals surface area contributed by atoms with E-state index in [1.165, 1.54) is 0 Å². The van der Waals surface area contributed by atoms with Gasteiger partial charge in [-0.2, -0.15) is 4.98 Å². The number of ether oxygens (including phenoxy) is 2. The third-order valence-corrected chi connectivity index (χ3v) is 4.51. The molecule has 3 heterocycles. The number of hydrogen-bond acceptors (Lipinski definition) is 7. The van der Waals surface area contributed by atoms with E-state index in [0.717, 1.165) is 33.8 Å². The molecule has 1 N–H and O–H groups in total. The lowest BCUT2D eigenvalue weighted by Crippen LogP contribution is -2.02. The Hall–Kier alpha value is -3.23. The van der Waals surface area contributed by atoms with Crippen molar-refractivity contribution < 1.29 is 19.1 Å². The van der Waals surface area contributed by atoms with E-state index in [4.69, 9.17) is 19.1 Å². The molecule has 0 unspecified atom stereocenters. The van der Waals surface area contributed by atoms with Crippen LogP contribution in [0.5, 0.6) is 5.75 Å². The van der Waals surface area contributed by atoms with Crippen molar-refractivity contribution in [3.63, 3.8) is 0 Å². The van der Waals surface area contributed by atoms with E-state index in [-0.39, 0.29) is 6.61 Å². The first kappa shape index (κ1) is 19.1. The van der Waals surface area contributed by atoms with Crippen LogP contribution in [-0.4, -0.2) is 37.8 Å². The molecule has 8 heteroatoms. The van der Waals surface area contributed by atoms with Crippen molar-refractivity contribution in [2.45, 2.75) is 27.1 Å². The second-order valence-corrected chi connectivity index (χ2v) is 6.69. The average molecular weight is 394 g/mol. The number of imidazole rings is 1. The van der Waals surface area contributed by atoms with Gasteiger partial charge in [-0.25, -0.2) is 4.98 Å². The summed E-state index contributed by atoms with van der Waals surface area (Å²) in [5.41, 5.74) is 4.62. The van der Waals surface area contributed by atoms with Crippen LogP contribution < -0.4 is 4.74 Å². The quantitative estimate of drug-likeness (QED) is 0.459.